The average Bonchev–Trinajstić information content (AvgIpc) is 3.13. The summed E-state index contributed by atoms with van der Waals surface area (Å²) in [4.78, 5) is 34.4. The van der Waals surface area contributed by atoms with Crippen molar-refractivity contribution in [1.29, 1.82) is 0 Å². The molecule has 0 saturated carbocycles. The molecule has 1 N–H and O–H groups in total. The zero-order valence-electron chi connectivity index (χ0n) is 34.2. The van der Waals surface area contributed by atoms with Crippen molar-refractivity contribution >= 4 is 19.8 Å². The van der Waals surface area contributed by atoms with Crippen LogP contribution in [0, 0.1) is 0 Å². The van der Waals surface area contributed by atoms with Gasteiger partial charge in [-0.1, -0.05) is 193 Å². The molecular formula is C43H83O8P. The first-order valence-corrected chi connectivity index (χ1v) is 23.4. The first-order valence-electron chi connectivity index (χ1n) is 21.9. The molecule has 0 saturated heterocycles. The summed E-state index contributed by atoms with van der Waals surface area (Å²) >= 11 is 0. The quantitative estimate of drug-likeness (QED) is 0.0284. The fourth-order valence-corrected chi connectivity index (χ4v) is 6.83. The standard InChI is InChI=1S/C43H83O8P/c1-4-6-8-10-12-14-16-17-18-19-20-21-22-23-24-25-26-27-28-30-31-33-35-37-42(44)49-39-41(40-50-52(46,47)48-3)51-43(45)38-36-34-32-29-15-13-11-9-7-5-2/h9,11,41H,4-8,10,12-40H2,1-3H3,(H,46,47)/b11-9-. The number of unbranched alkanes of at least 4 members (excludes halogenated alkanes) is 28. The van der Waals surface area contributed by atoms with Crippen LogP contribution in [0.25, 0.3) is 0 Å². The largest absolute Gasteiger partial charge is 0.472 e. The maximum Gasteiger partial charge on any atom is 0.472 e. The number of phosphoric ester groups is 1. The Morgan fingerprint density at radius 1 is 0.519 bits per heavy atom. The van der Waals surface area contributed by atoms with Crippen LogP contribution in [0.1, 0.15) is 226 Å². The summed E-state index contributed by atoms with van der Waals surface area (Å²) in [7, 11) is -3.19. The number of hydrogen-bond acceptors (Lipinski definition) is 7. The van der Waals surface area contributed by atoms with Crippen molar-refractivity contribution in [2.75, 3.05) is 20.3 Å². The van der Waals surface area contributed by atoms with Crippen molar-refractivity contribution in [1.82, 2.24) is 0 Å². The van der Waals surface area contributed by atoms with Crippen LogP contribution in [0.2, 0.25) is 0 Å². The maximum atomic E-state index is 12.4. The van der Waals surface area contributed by atoms with Gasteiger partial charge in [-0.25, -0.2) is 4.57 Å². The summed E-state index contributed by atoms with van der Waals surface area (Å²) in [6.07, 6.45) is 42.9. The fraction of sp³-hybridized carbons (Fsp3) is 0.907. The summed E-state index contributed by atoms with van der Waals surface area (Å²) in [5.41, 5.74) is 0. The first-order chi connectivity index (χ1) is 25.3. The van der Waals surface area contributed by atoms with E-state index < -0.39 is 26.5 Å². The molecule has 0 aromatic rings. The van der Waals surface area contributed by atoms with Gasteiger partial charge in [0.25, 0.3) is 0 Å². The minimum absolute atomic E-state index is 0.223. The van der Waals surface area contributed by atoms with Crippen molar-refractivity contribution in [3.63, 3.8) is 0 Å². The Bertz CT molecular complexity index is 864. The second kappa shape index (κ2) is 39.5. The number of phosphoric acid groups is 1. The van der Waals surface area contributed by atoms with E-state index in [9.17, 15) is 19.0 Å². The van der Waals surface area contributed by atoms with Gasteiger partial charge < -0.3 is 14.4 Å². The molecule has 0 aliphatic carbocycles. The fourth-order valence-electron chi connectivity index (χ4n) is 6.37. The third-order valence-electron chi connectivity index (χ3n) is 9.74. The van der Waals surface area contributed by atoms with Crippen molar-refractivity contribution in [2.24, 2.45) is 0 Å². The van der Waals surface area contributed by atoms with Crippen molar-refractivity contribution < 1.29 is 37.6 Å². The number of ether oxygens (including phenoxy) is 2. The van der Waals surface area contributed by atoms with Gasteiger partial charge in [0.1, 0.15) is 6.61 Å². The molecule has 0 radical (unpaired) electrons. The van der Waals surface area contributed by atoms with Crippen molar-refractivity contribution in [3.8, 4) is 0 Å². The SMILES string of the molecule is CCC/C=C\CCCCCCCC(=O)OC(COC(=O)CCCCCCCCCCCCCCCCCCCCCCCCC)COP(=O)(O)OC. The summed E-state index contributed by atoms with van der Waals surface area (Å²) in [6.45, 7) is 3.84. The molecule has 52 heavy (non-hydrogen) atoms. The Kier molecular flexibility index (Phi) is 38.6. The molecule has 8 nitrogen and oxygen atoms in total. The Morgan fingerprint density at radius 2 is 0.904 bits per heavy atom. The highest BCUT2D eigenvalue weighted by atomic mass is 31.2. The Morgan fingerprint density at radius 3 is 1.33 bits per heavy atom. The van der Waals surface area contributed by atoms with E-state index >= 15 is 0 Å². The highest BCUT2D eigenvalue weighted by Crippen LogP contribution is 2.42. The summed E-state index contributed by atoms with van der Waals surface area (Å²) in [5.74, 6) is -0.805. The second-order valence-electron chi connectivity index (χ2n) is 14.8. The molecule has 2 atom stereocenters. The third-order valence-corrected chi connectivity index (χ3v) is 10.7. The lowest BCUT2D eigenvalue weighted by atomic mass is 10.0. The van der Waals surface area contributed by atoms with Crippen LogP contribution in [0.5, 0.6) is 0 Å². The molecular weight excluding hydrogens is 675 g/mol. The van der Waals surface area contributed by atoms with E-state index in [1.807, 2.05) is 0 Å². The molecule has 0 aliphatic heterocycles. The van der Waals surface area contributed by atoms with Crippen LogP contribution in [0.15, 0.2) is 12.2 Å². The first kappa shape index (κ1) is 50.8. The second-order valence-corrected chi connectivity index (χ2v) is 16.4. The normalized spacial score (nSPS) is 13.4. The molecule has 308 valence electrons. The smallest absolute Gasteiger partial charge is 0.462 e. The van der Waals surface area contributed by atoms with Crippen LogP contribution in [-0.2, 0) is 32.7 Å². The van der Waals surface area contributed by atoms with Gasteiger partial charge in [-0.3, -0.25) is 18.6 Å². The molecule has 0 spiro atoms. The van der Waals surface area contributed by atoms with Gasteiger partial charge >= 0.3 is 19.8 Å². The average molecular weight is 759 g/mol. The minimum Gasteiger partial charge on any atom is -0.462 e. The lowest BCUT2D eigenvalue weighted by Gasteiger charge is -2.19. The number of hydrogen-bond donors (Lipinski definition) is 1. The summed E-state index contributed by atoms with van der Waals surface area (Å²) in [5, 5.41) is 0. The van der Waals surface area contributed by atoms with E-state index in [0.717, 1.165) is 64.9 Å². The third kappa shape index (κ3) is 38.5. The lowest BCUT2D eigenvalue weighted by Crippen LogP contribution is -2.29. The van der Waals surface area contributed by atoms with E-state index in [-0.39, 0.29) is 19.0 Å². The Hall–Kier alpha value is -1.21. The monoisotopic (exact) mass is 759 g/mol. The molecule has 9 heteroatoms. The zero-order valence-corrected chi connectivity index (χ0v) is 35.1. The van der Waals surface area contributed by atoms with Gasteiger partial charge in [0, 0.05) is 20.0 Å². The highest BCUT2D eigenvalue weighted by Gasteiger charge is 2.24. The summed E-state index contributed by atoms with van der Waals surface area (Å²) < 4.78 is 31.9. The van der Waals surface area contributed by atoms with Crippen LogP contribution in [-0.4, -0.2) is 43.3 Å². The molecule has 0 aromatic carbocycles. The van der Waals surface area contributed by atoms with Crippen molar-refractivity contribution in [3.05, 3.63) is 12.2 Å². The van der Waals surface area contributed by atoms with Crippen molar-refractivity contribution in [2.45, 2.75) is 232 Å². The molecule has 0 amide bonds. The Labute approximate surface area is 320 Å². The summed E-state index contributed by atoms with van der Waals surface area (Å²) in [6, 6.07) is 0. The van der Waals surface area contributed by atoms with E-state index in [4.69, 9.17) is 14.0 Å². The lowest BCUT2D eigenvalue weighted by molar-refractivity contribution is -0.161. The van der Waals surface area contributed by atoms with Gasteiger partial charge in [0.05, 0.1) is 6.61 Å². The van der Waals surface area contributed by atoms with Crippen LogP contribution in [0.3, 0.4) is 0 Å². The molecule has 0 heterocycles. The van der Waals surface area contributed by atoms with Gasteiger partial charge in [0.2, 0.25) is 0 Å². The van der Waals surface area contributed by atoms with E-state index in [2.05, 4.69) is 30.5 Å². The molecule has 0 rings (SSSR count). The number of esters is 2. The van der Waals surface area contributed by atoms with E-state index in [1.165, 1.54) is 135 Å². The molecule has 0 fully saturated rings. The van der Waals surface area contributed by atoms with Gasteiger partial charge in [-0.05, 0) is 32.1 Å². The zero-order chi connectivity index (χ0) is 38.2. The molecule has 2 unspecified atom stereocenters. The number of rotatable bonds is 41. The van der Waals surface area contributed by atoms with Crippen LogP contribution in [0.4, 0.5) is 0 Å². The number of carbonyl (C=O) groups is 2. The predicted molar refractivity (Wildman–Crippen MR) is 216 cm³/mol. The maximum absolute atomic E-state index is 12.4. The predicted octanol–water partition coefficient (Wildman–Crippen LogP) is 13.7. The highest BCUT2D eigenvalue weighted by molar-refractivity contribution is 7.47. The molecule has 0 aliphatic rings. The number of carbonyl (C=O) groups excluding carboxylic acids is 2. The topological polar surface area (TPSA) is 108 Å². The molecule has 0 bridgehead atoms. The Balaban J connectivity index is 3.82. The van der Waals surface area contributed by atoms with Crippen LogP contribution < -0.4 is 0 Å². The van der Waals surface area contributed by atoms with Crippen LogP contribution >= 0.6 is 7.82 Å². The number of allylic oxidation sites excluding steroid dienone is 2. The molecule has 0 aromatic heterocycles. The van der Waals surface area contributed by atoms with E-state index in [0.29, 0.717) is 12.8 Å². The van der Waals surface area contributed by atoms with Gasteiger partial charge in [-0.2, -0.15) is 0 Å². The minimum atomic E-state index is -4.25. The van der Waals surface area contributed by atoms with Gasteiger partial charge in [-0.15, -0.1) is 0 Å². The van der Waals surface area contributed by atoms with Gasteiger partial charge in [0.15, 0.2) is 6.10 Å². The van der Waals surface area contributed by atoms with E-state index in [1.54, 1.807) is 0 Å².